The Kier molecular flexibility index (Phi) is 4.53. The molecule has 0 saturated carbocycles. The van der Waals surface area contributed by atoms with Gasteiger partial charge in [-0.25, -0.2) is 4.99 Å². The highest BCUT2D eigenvalue weighted by Crippen LogP contribution is 2.35. The van der Waals surface area contributed by atoms with Gasteiger partial charge in [-0.1, -0.05) is 72.8 Å². The number of hydrogen-bond acceptors (Lipinski definition) is 2. The van der Waals surface area contributed by atoms with E-state index < -0.39 is 0 Å². The predicted octanol–water partition coefficient (Wildman–Crippen LogP) is 6.95. The van der Waals surface area contributed by atoms with Crippen LogP contribution in [0.15, 0.2) is 102 Å². The van der Waals surface area contributed by atoms with Crippen molar-refractivity contribution in [3.63, 3.8) is 0 Å². The quantitative estimate of drug-likeness (QED) is 0.311. The van der Waals surface area contributed by atoms with Gasteiger partial charge < -0.3 is 9.30 Å². The van der Waals surface area contributed by atoms with Gasteiger partial charge in [0.05, 0.1) is 0 Å². The Labute approximate surface area is 187 Å². The first kappa shape index (κ1) is 18.9. The van der Waals surface area contributed by atoms with Gasteiger partial charge in [0.2, 0.25) is 0 Å². The molecule has 0 saturated heterocycles. The number of aliphatic imine (C=N–C) groups is 1. The molecule has 0 unspecified atom stereocenters. The van der Waals surface area contributed by atoms with E-state index in [0.29, 0.717) is 6.61 Å². The summed E-state index contributed by atoms with van der Waals surface area (Å²) in [5, 5.41) is 2.55. The molecule has 32 heavy (non-hydrogen) atoms. The minimum Gasteiger partial charge on any atom is -0.479 e. The van der Waals surface area contributed by atoms with Gasteiger partial charge in [0.25, 0.3) is 0 Å². The van der Waals surface area contributed by atoms with E-state index >= 15 is 0 Å². The minimum absolute atomic E-state index is 0.149. The minimum atomic E-state index is 0.149. The van der Waals surface area contributed by atoms with E-state index in [9.17, 15) is 0 Å². The maximum atomic E-state index is 5.63. The molecule has 1 aliphatic heterocycles. The number of benzene rings is 4. The summed E-state index contributed by atoms with van der Waals surface area (Å²) in [6.45, 7) is 3.40. The zero-order valence-electron chi connectivity index (χ0n) is 18.0. The molecule has 1 atom stereocenters. The Morgan fingerprint density at radius 2 is 1.25 bits per heavy atom. The predicted molar refractivity (Wildman–Crippen MR) is 133 cm³/mol. The molecule has 1 aromatic heterocycles. The summed E-state index contributed by atoms with van der Waals surface area (Å²) in [7, 11) is 0. The normalized spacial score (nSPS) is 15.8. The Morgan fingerprint density at radius 1 is 0.719 bits per heavy atom. The molecular formula is C29H24N2O. The van der Waals surface area contributed by atoms with E-state index in [2.05, 4.69) is 107 Å². The summed E-state index contributed by atoms with van der Waals surface area (Å²) < 4.78 is 8.04. The molecule has 1 aliphatic rings. The average molecular weight is 417 g/mol. The summed E-state index contributed by atoms with van der Waals surface area (Å²) in [5.41, 5.74) is 7.42. The van der Waals surface area contributed by atoms with E-state index in [1.165, 1.54) is 44.1 Å². The van der Waals surface area contributed by atoms with Crippen LogP contribution in [-0.4, -0.2) is 23.1 Å². The van der Waals surface area contributed by atoms with Crippen LogP contribution in [0, 0.1) is 0 Å². The third kappa shape index (κ3) is 3.27. The van der Waals surface area contributed by atoms with E-state index in [1.807, 2.05) is 6.92 Å². The highest BCUT2D eigenvalue weighted by atomic mass is 16.5. The van der Waals surface area contributed by atoms with Crippen LogP contribution in [-0.2, 0) is 11.3 Å². The smallest absolute Gasteiger partial charge is 0.180 e. The molecular weight excluding hydrogens is 392 g/mol. The number of rotatable bonds is 4. The van der Waals surface area contributed by atoms with Gasteiger partial charge in [-0.3, -0.25) is 0 Å². The van der Waals surface area contributed by atoms with Gasteiger partial charge in [0.15, 0.2) is 5.90 Å². The third-order valence-corrected chi connectivity index (χ3v) is 6.32. The molecule has 0 bridgehead atoms. The molecule has 0 aliphatic carbocycles. The second-order valence-electron chi connectivity index (χ2n) is 8.42. The number of ether oxygens (including phenoxy) is 1. The van der Waals surface area contributed by atoms with Crippen LogP contribution in [0.4, 0.5) is 0 Å². The molecule has 0 spiro atoms. The molecule has 2 heterocycles. The van der Waals surface area contributed by atoms with Crippen molar-refractivity contribution < 1.29 is 4.74 Å². The third-order valence-electron chi connectivity index (χ3n) is 6.32. The summed E-state index contributed by atoms with van der Waals surface area (Å²) in [5.74, 6) is 0.786. The molecule has 3 nitrogen and oxygen atoms in total. The van der Waals surface area contributed by atoms with Crippen LogP contribution < -0.4 is 0 Å². The van der Waals surface area contributed by atoms with E-state index in [0.717, 1.165) is 12.4 Å². The number of nitrogens with zero attached hydrogens (tertiary/aromatic N) is 2. The van der Waals surface area contributed by atoms with Gasteiger partial charge in [-0.2, -0.15) is 0 Å². The van der Waals surface area contributed by atoms with Gasteiger partial charge >= 0.3 is 0 Å². The largest absolute Gasteiger partial charge is 0.479 e. The highest BCUT2D eigenvalue weighted by molar-refractivity contribution is 6.10. The lowest BCUT2D eigenvalue weighted by Crippen LogP contribution is -2.15. The first-order valence-corrected chi connectivity index (χ1v) is 11.1. The number of aromatic nitrogens is 1. The lowest BCUT2D eigenvalue weighted by Gasteiger charge is -2.11. The first-order chi connectivity index (χ1) is 15.8. The van der Waals surface area contributed by atoms with Crippen LogP contribution in [0.3, 0.4) is 0 Å². The van der Waals surface area contributed by atoms with Crippen molar-refractivity contribution in [3.05, 3.63) is 97.1 Å². The summed E-state index contributed by atoms with van der Waals surface area (Å²) >= 11 is 0. The van der Waals surface area contributed by atoms with Crippen molar-refractivity contribution in [2.75, 3.05) is 6.61 Å². The molecule has 6 rings (SSSR count). The van der Waals surface area contributed by atoms with Gasteiger partial charge in [-0.15, -0.1) is 0 Å². The van der Waals surface area contributed by atoms with E-state index in [4.69, 9.17) is 4.74 Å². The van der Waals surface area contributed by atoms with Crippen molar-refractivity contribution in [1.82, 2.24) is 4.57 Å². The second kappa shape index (κ2) is 7.69. The first-order valence-electron chi connectivity index (χ1n) is 11.1. The number of fused-ring (bicyclic) bond motifs is 3. The summed E-state index contributed by atoms with van der Waals surface area (Å²) in [4.78, 5) is 4.68. The van der Waals surface area contributed by atoms with E-state index in [1.54, 1.807) is 0 Å². The molecule has 0 N–H and O–H groups in total. The van der Waals surface area contributed by atoms with Crippen LogP contribution in [0.2, 0.25) is 0 Å². The Bertz CT molecular complexity index is 1350. The average Bonchev–Trinajstić information content (AvgIpc) is 3.40. The lowest BCUT2D eigenvalue weighted by molar-refractivity contribution is 0.305. The lowest BCUT2D eigenvalue weighted by atomic mass is 10.0. The Balaban J connectivity index is 1.57. The zero-order chi connectivity index (χ0) is 21.5. The second-order valence-corrected chi connectivity index (χ2v) is 8.42. The summed E-state index contributed by atoms with van der Waals surface area (Å²) in [6, 6.07) is 35.0. The highest BCUT2D eigenvalue weighted by Gasteiger charge is 2.20. The topological polar surface area (TPSA) is 26.5 Å². The fourth-order valence-corrected chi connectivity index (χ4v) is 4.77. The van der Waals surface area contributed by atoms with Crippen molar-refractivity contribution in [2.24, 2.45) is 4.99 Å². The van der Waals surface area contributed by atoms with Gasteiger partial charge in [-0.05, 0) is 46.5 Å². The summed E-state index contributed by atoms with van der Waals surface area (Å²) in [6.07, 6.45) is 0. The Hall–Kier alpha value is -3.85. The molecule has 0 fully saturated rings. The molecule has 3 heteroatoms. The molecule has 0 amide bonds. The van der Waals surface area contributed by atoms with Crippen molar-refractivity contribution in [1.29, 1.82) is 0 Å². The van der Waals surface area contributed by atoms with Crippen LogP contribution in [0.5, 0.6) is 0 Å². The molecule has 156 valence electrons. The molecule has 0 radical (unpaired) electrons. The van der Waals surface area contributed by atoms with Gasteiger partial charge in [0.1, 0.15) is 12.6 Å². The maximum absolute atomic E-state index is 5.63. The van der Waals surface area contributed by atoms with Crippen molar-refractivity contribution in [2.45, 2.75) is 19.5 Å². The monoisotopic (exact) mass is 416 g/mol. The zero-order valence-corrected chi connectivity index (χ0v) is 18.0. The molecule has 5 aromatic rings. The molecule has 4 aromatic carbocycles. The van der Waals surface area contributed by atoms with Crippen LogP contribution in [0.25, 0.3) is 44.1 Å². The fourth-order valence-electron chi connectivity index (χ4n) is 4.77. The van der Waals surface area contributed by atoms with Crippen LogP contribution in [0.1, 0.15) is 6.92 Å². The fraction of sp³-hybridized carbons (Fsp3) is 0.138. The van der Waals surface area contributed by atoms with Crippen molar-refractivity contribution >= 4 is 27.7 Å². The SMILES string of the molecule is CC1=N[C@@H](Cn2c3ccc(-c4ccccc4)cc3c3cc(-c4ccccc4)ccc32)CO1. The van der Waals surface area contributed by atoms with Crippen LogP contribution >= 0.6 is 0 Å². The maximum Gasteiger partial charge on any atom is 0.180 e. The number of hydrogen-bond donors (Lipinski definition) is 0. The Morgan fingerprint density at radius 3 is 1.72 bits per heavy atom. The van der Waals surface area contributed by atoms with E-state index in [-0.39, 0.29) is 6.04 Å². The van der Waals surface area contributed by atoms with Crippen molar-refractivity contribution in [3.8, 4) is 22.3 Å². The van der Waals surface area contributed by atoms with Gasteiger partial charge in [0, 0.05) is 35.3 Å². The standard InChI is InChI=1S/C29H24N2O/c1-20-30-25(19-32-20)18-31-28-14-12-23(21-8-4-2-5-9-21)16-26(28)27-17-24(13-15-29(27)31)22-10-6-3-7-11-22/h2-17,25H,18-19H2,1H3/t25-/m0/s1.